The first kappa shape index (κ1) is 19.1. The van der Waals surface area contributed by atoms with E-state index in [9.17, 15) is 4.79 Å². The number of hydrogen-bond donors (Lipinski definition) is 5. The average Bonchev–Trinajstić information content (AvgIpc) is 3.46. The van der Waals surface area contributed by atoms with Gasteiger partial charge in [0.15, 0.2) is 5.58 Å². The Labute approximate surface area is 187 Å². The van der Waals surface area contributed by atoms with Gasteiger partial charge in [-0.2, -0.15) is 4.98 Å². The van der Waals surface area contributed by atoms with Crippen LogP contribution in [0.15, 0.2) is 28.7 Å². The Hall–Kier alpha value is -3.59. The number of ether oxygens (including phenoxy) is 1. The smallest absolute Gasteiger partial charge is 0.293 e. The van der Waals surface area contributed by atoms with Crippen molar-refractivity contribution in [2.45, 2.75) is 18.9 Å². The molecule has 1 atom stereocenters. The molecule has 10 heteroatoms. The Kier molecular flexibility index (Phi) is 4.16. The molecular weight excluding hydrogens is 432 g/mol. The third kappa shape index (κ3) is 3.08. The van der Waals surface area contributed by atoms with Crippen LogP contribution in [0.3, 0.4) is 0 Å². The van der Waals surface area contributed by atoms with Gasteiger partial charge in [0.2, 0.25) is 5.91 Å². The van der Waals surface area contributed by atoms with Gasteiger partial charge in [-0.05, 0) is 37.0 Å². The maximum Gasteiger partial charge on any atom is 0.293 e. The number of amides is 1. The maximum absolute atomic E-state index is 11.9. The molecule has 2 aromatic heterocycles. The number of nitrogens with one attached hydrogen (secondary N) is 3. The number of nitrogens with two attached hydrogens (primary N) is 2. The first-order valence-corrected chi connectivity index (χ1v) is 10.8. The summed E-state index contributed by atoms with van der Waals surface area (Å²) in [5, 5.41) is 8.11. The number of aromatic amines is 1. The third-order valence-corrected chi connectivity index (χ3v) is 6.28. The van der Waals surface area contributed by atoms with E-state index in [2.05, 4.69) is 20.6 Å². The highest BCUT2D eigenvalue weighted by Gasteiger charge is 2.35. The highest BCUT2D eigenvalue weighted by molar-refractivity contribution is 6.35. The Bertz CT molecular complexity index is 1390. The first-order valence-electron chi connectivity index (χ1n) is 10.5. The normalized spacial score (nSPS) is 16.4. The summed E-state index contributed by atoms with van der Waals surface area (Å²) in [6.45, 7) is 1.14. The fourth-order valence-corrected chi connectivity index (χ4v) is 4.66. The van der Waals surface area contributed by atoms with Crippen molar-refractivity contribution in [1.29, 1.82) is 0 Å². The van der Waals surface area contributed by atoms with Gasteiger partial charge >= 0.3 is 0 Å². The molecule has 164 valence electrons. The van der Waals surface area contributed by atoms with Gasteiger partial charge in [-0.15, -0.1) is 0 Å². The summed E-state index contributed by atoms with van der Waals surface area (Å²) in [6.07, 6.45) is 2.01. The van der Waals surface area contributed by atoms with E-state index < -0.39 is 6.04 Å². The predicted molar refractivity (Wildman–Crippen MR) is 124 cm³/mol. The zero-order valence-corrected chi connectivity index (χ0v) is 17.8. The molecule has 0 bridgehead atoms. The van der Waals surface area contributed by atoms with Crippen molar-refractivity contribution in [3.63, 3.8) is 0 Å². The largest absolute Gasteiger partial charge is 0.491 e. The molecule has 2 aliphatic rings. The number of hydrogen-bond acceptors (Lipinski definition) is 7. The van der Waals surface area contributed by atoms with Gasteiger partial charge in [0.25, 0.3) is 6.01 Å². The van der Waals surface area contributed by atoms with E-state index in [0.717, 1.165) is 52.1 Å². The lowest BCUT2D eigenvalue weighted by molar-refractivity contribution is -0.119. The SMILES string of the molecule is NC(=O)[C@@H](Nc1cc2c3c(c(-c4cc(Cl)c5oc(N)nc5c4)[nH]c3c1)NCCO2)C1CC1. The van der Waals surface area contributed by atoms with Gasteiger partial charge in [0.1, 0.15) is 23.9 Å². The fraction of sp³-hybridized carbons (Fsp3) is 0.273. The topological polar surface area (TPSA) is 144 Å². The summed E-state index contributed by atoms with van der Waals surface area (Å²) in [6, 6.07) is 7.26. The summed E-state index contributed by atoms with van der Waals surface area (Å²) >= 11 is 6.44. The van der Waals surface area contributed by atoms with E-state index in [4.69, 9.17) is 32.2 Å². The van der Waals surface area contributed by atoms with E-state index in [1.807, 2.05) is 24.3 Å². The van der Waals surface area contributed by atoms with Crippen LogP contribution in [0.2, 0.25) is 5.02 Å². The van der Waals surface area contributed by atoms with Crippen molar-refractivity contribution < 1.29 is 13.9 Å². The number of carbonyl (C=O) groups excluding carboxylic acids is 1. The van der Waals surface area contributed by atoms with Crippen LogP contribution >= 0.6 is 11.6 Å². The molecule has 1 aliphatic carbocycles. The van der Waals surface area contributed by atoms with Gasteiger partial charge in [-0.1, -0.05) is 11.6 Å². The summed E-state index contributed by atoms with van der Waals surface area (Å²) < 4.78 is 11.4. The minimum absolute atomic E-state index is 0.0676. The molecule has 0 radical (unpaired) electrons. The maximum atomic E-state index is 11.9. The number of fused-ring (bicyclic) bond motifs is 1. The second-order valence-corrected chi connectivity index (χ2v) is 8.67. The molecule has 1 amide bonds. The van der Waals surface area contributed by atoms with E-state index in [1.165, 1.54) is 0 Å². The number of nitrogens with zero attached hydrogens (tertiary/aromatic N) is 1. The number of carbonyl (C=O) groups is 1. The number of primary amides is 1. The average molecular weight is 453 g/mol. The number of oxazole rings is 1. The fourth-order valence-electron chi connectivity index (χ4n) is 4.41. The van der Waals surface area contributed by atoms with Crippen LogP contribution in [0.25, 0.3) is 33.3 Å². The molecular formula is C22H21ClN6O3. The van der Waals surface area contributed by atoms with Crippen molar-refractivity contribution >= 4 is 56.9 Å². The van der Waals surface area contributed by atoms with Crippen LogP contribution in [0.1, 0.15) is 12.8 Å². The van der Waals surface area contributed by atoms with E-state index in [0.29, 0.717) is 29.3 Å². The zero-order chi connectivity index (χ0) is 22.0. The number of H-pyrrole nitrogens is 1. The molecule has 1 aliphatic heterocycles. The summed E-state index contributed by atoms with van der Waals surface area (Å²) in [5.41, 5.74) is 16.6. The van der Waals surface area contributed by atoms with E-state index in [-0.39, 0.29) is 17.8 Å². The molecule has 9 nitrogen and oxygen atoms in total. The van der Waals surface area contributed by atoms with Gasteiger partial charge < -0.3 is 36.2 Å². The Balaban J connectivity index is 1.49. The molecule has 0 unspecified atom stereocenters. The van der Waals surface area contributed by atoms with Crippen LogP contribution in [0, 0.1) is 5.92 Å². The number of halogens is 1. The van der Waals surface area contributed by atoms with Crippen molar-refractivity contribution in [3.8, 4) is 17.0 Å². The quantitative estimate of drug-likeness (QED) is 0.310. The molecule has 7 N–H and O–H groups in total. The molecule has 6 rings (SSSR count). The molecule has 1 saturated carbocycles. The second-order valence-electron chi connectivity index (χ2n) is 8.27. The van der Waals surface area contributed by atoms with Crippen LogP contribution < -0.4 is 26.8 Å². The summed E-state index contributed by atoms with van der Waals surface area (Å²) in [4.78, 5) is 19.6. The Morgan fingerprint density at radius 2 is 2.12 bits per heavy atom. The third-order valence-electron chi connectivity index (χ3n) is 6.00. The molecule has 0 spiro atoms. The standard InChI is InChI=1S/C22H21ClN6O3/c23-12-5-10(6-14-20(12)32-22(25)29-14)17-19-16-13(28-17)7-11(8-15(16)31-4-3-26-19)27-18(21(24)30)9-1-2-9/h5-9,18,26-28H,1-4H2,(H2,24,30)(H2,25,29)/t18-/m0/s1. The number of nitrogen functional groups attached to an aromatic ring is 1. The van der Waals surface area contributed by atoms with Crippen molar-refractivity contribution in [2.24, 2.45) is 11.7 Å². The van der Waals surface area contributed by atoms with Gasteiger partial charge in [-0.3, -0.25) is 4.79 Å². The second kappa shape index (κ2) is 6.96. The number of anilines is 3. The number of aromatic nitrogens is 2. The van der Waals surface area contributed by atoms with E-state index >= 15 is 0 Å². The molecule has 32 heavy (non-hydrogen) atoms. The lowest BCUT2D eigenvalue weighted by atomic mass is 10.1. The Morgan fingerprint density at radius 1 is 1.28 bits per heavy atom. The van der Waals surface area contributed by atoms with Gasteiger partial charge in [0, 0.05) is 23.9 Å². The van der Waals surface area contributed by atoms with Crippen molar-refractivity contribution in [1.82, 2.24) is 9.97 Å². The minimum Gasteiger partial charge on any atom is -0.491 e. The molecule has 4 aromatic rings. The monoisotopic (exact) mass is 452 g/mol. The zero-order valence-electron chi connectivity index (χ0n) is 17.0. The molecule has 1 fully saturated rings. The summed E-state index contributed by atoms with van der Waals surface area (Å²) in [7, 11) is 0. The van der Waals surface area contributed by atoms with Crippen LogP contribution in [-0.4, -0.2) is 35.1 Å². The lowest BCUT2D eigenvalue weighted by Gasteiger charge is -2.17. The molecule has 3 heterocycles. The van der Waals surface area contributed by atoms with Gasteiger partial charge in [0.05, 0.1) is 27.3 Å². The first-order chi connectivity index (χ1) is 15.5. The van der Waals surface area contributed by atoms with Crippen molar-refractivity contribution in [3.05, 3.63) is 29.3 Å². The lowest BCUT2D eigenvalue weighted by Crippen LogP contribution is -2.37. The molecule has 0 saturated heterocycles. The molecule has 2 aromatic carbocycles. The van der Waals surface area contributed by atoms with Crippen LogP contribution in [0.5, 0.6) is 5.75 Å². The highest BCUT2D eigenvalue weighted by Crippen LogP contribution is 2.44. The predicted octanol–water partition coefficient (Wildman–Crippen LogP) is 3.69. The van der Waals surface area contributed by atoms with E-state index in [1.54, 1.807) is 0 Å². The van der Waals surface area contributed by atoms with Crippen LogP contribution in [0.4, 0.5) is 17.4 Å². The highest BCUT2D eigenvalue weighted by atomic mass is 35.5. The van der Waals surface area contributed by atoms with Crippen LogP contribution in [-0.2, 0) is 4.79 Å². The minimum atomic E-state index is -0.392. The Morgan fingerprint density at radius 3 is 2.91 bits per heavy atom. The number of benzene rings is 2. The van der Waals surface area contributed by atoms with Gasteiger partial charge in [-0.25, -0.2) is 0 Å². The van der Waals surface area contributed by atoms with Crippen molar-refractivity contribution in [2.75, 3.05) is 29.5 Å². The number of rotatable bonds is 5. The summed E-state index contributed by atoms with van der Waals surface area (Å²) in [5.74, 6) is 0.663.